The van der Waals surface area contributed by atoms with E-state index in [1.807, 2.05) is 47.3 Å². The van der Waals surface area contributed by atoms with Crippen molar-refractivity contribution in [3.05, 3.63) is 125 Å². The maximum Gasteiger partial charge on any atom is 0.141 e. The molecule has 0 amide bonds. The van der Waals surface area contributed by atoms with Gasteiger partial charge in [0.15, 0.2) is 0 Å². The van der Waals surface area contributed by atoms with Crippen LogP contribution < -0.4 is 9.47 Å². The van der Waals surface area contributed by atoms with Crippen molar-refractivity contribution in [3.63, 3.8) is 0 Å². The third kappa shape index (κ3) is 5.51. The number of fused-ring (bicyclic) bond motifs is 3. The Balaban J connectivity index is 1.25. The minimum Gasteiger partial charge on any atom is -0.497 e. The molecule has 0 atom stereocenters. The van der Waals surface area contributed by atoms with E-state index >= 15 is 0 Å². The van der Waals surface area contributed by atoms with Gasteiger partial charge in [-0.05, 0) is 103 Å². The Morgan fingerprint density at radius 3 is 2.17 bits per heavy atom. The van der Waals surface area contributed by atoms with Crippen molar-refractivity contribution in [2.24, 2.45) is 0 Å². The van der Waals surface area contributed by atoms with Gasteiger partial charge in [-0.3, -0.25) is 4.57 Å². The SMILES string of the molecule is CCCc1c(C)c(C)c(C)c(CCC)c1-c1cnn(-c2cccc(Oc3ccc4c5ccccc5n(-c5cc(OC)ccn5)c4c3)c2)c1. The average molecular weight is 635 g/mol. The van der Waals surface area contributed by atoms with Gasteiger partial charge < -0.3 is 9.47 Å². The molecule has 3 aromatic heterocycles. The van der Waals surface area contributed by atoms with Crippen LogP contribution >= 0.6 is 0 Å². The molecule has 7 aromatic rings. The Labute approximate surface area is 282 Å². The number of methoxy groups -OCH3 is 1. The fourth-order valence-electron chi connectivity index (χ4n) is 7.09. The second-order valence-corrected chi connectivity index (χ2v) is 12.6. The summed E-state index contributed by atoms with van der Waals surface area (Å²) in [6.45, 7) is 11.4. The van der Waals surface area contributed by atoms with Crippen molar-refractivity contribution < 1.29 is 9.47 Å². The summed E-state index contributed by atoms with van der Waals surface area (Å²) in [5.41, 5.74) is 12.7. The molecule has 0 radical (unpaired) electrons. The van der Waals surface area contributed by atoms with Crippen LogP contribution in [-0.4, -0.2) is 26.4 Å². The first-order valence-electron chi connectivity index (χ1n) is 16.9. The van der Waals surface area contributed by atoms with Gasteiger partial charge in [-0.25, -0.2) is 9.67 Å². The zero-order chi connectivity index (χ0) is 33.4. The zero-order valence-electron chi connectivity index (χ0n) is 28.7. The van der Waals surface area contributed by atoms with Crippen LogP contribution in [0.25, 0.3) is 44.4 Å². The highest BCUT2D eigenvalue weighted by molar-refractivity contribution is 6.09. The Morgan fingerprint density at radius 1 is 0.688 bits per heavy atom. The zero-order valence-corrected chi connectivity index (χ0v) is 28.7. The van der Waals surface area contributed by atoms with Crippen molar-refractivity contribution in [2.45, 2.75) is 60.3 Å². The first-order valence-corrected chi connectivity index (χ1v) is 16.9. The first-order chi connectivity index (χ1) is 23.4. The highest BCUT2D eigenvalue weighted by Gasteiger charge is 2.20. The Hall–Kier alpha value is -5.36. The second-order valence-electron chi connectivity index (χ2n) is 12.6. The summed E-state index contributed by atoms with van der Waals surface area (Å²) in [6, 6.07) is 26.6. The van der Waals surface area contributed by atoms with Crippen molar-refractivity contribution >= 4 is 21.8 Å². The van der Waals surface area contributed by atoms with E-state index in [2.05, 4.69) is 87.8 Å². The Kier molecular flexibility index (Phi) is 8.49. The van der Waals surface area contributed by atoms with Gasteiger partial charge in [-0.15, -0.1) is 0 Å². The van der Waals surface area contributed by atoms with Crippen molar-refractivity contribution in [1.82, 2.24) is 19.3 Å². The van der Waals surface area contributed by atoms with Crippen LogP contribution in [0.15, 0.2) is 97.5 Å². The molecule has 48 heavy (non-hydrogen) atoms. The van der Waals surface area contributed by atoms with Crippen LogP contribution in [0.1, 0.15) is 54.5 Å². The van der Waals surface area contributed by atoms with E-state index in [0.29, 0.717) is 0 Å². The quantitative estimate of drug-likeness (QED) is 0.150. The number of benzene rings is 4. The Bertz CT molecular complexity index is 2240. The maximum absolute atomic E-state index is 6.52. The maximum atomic E-state index is 6.52. The molecule has 0 aliphatic carbocycles. The number of ether oxygens (including phenoxy) is 2. The lowest BCUT2D eigenvalue weighted by Gasteiger charge is -2.22. The number of hydrogen-bond acceptors (Lipinski definition) is 4. The number of nitrogens with zero attached hydrogens (tertiary/aromatic N) is 4. The normalized spacial score (nSPS) is 11.5. The number of hydrogen-bond donors (Lipinski definition) is 0. The van der Waals surface area contributed by atoms with Gasteiger partial charge in [0.05, 0.1) is 30.0 Å². The molecular formula is C42H42N4O2. The third-order valence-corrected chi connectivity index (χ3v) is 9.65. The molecule has 0 bridgehead atoms. The average Bonchev–Trinajstić information content (AvgIpc) is 3.73. The molecule has 0 fully saturated rings. The number of para-hydroxylation sites is 1. The predicted octanol–water partition coefficient (Wildman–Crippen LogP) is 10.7. The third-order valence-electron chi connectivity index (χ3n) is 9.65. The standard InChI is InChI=1S/C42H42N4O2/c1-7-12-35-28(4)27(3)29(5)36(13-8-2)42(35)30-25-44-45(26-30)31-14-11-15-33(22-31)48-34-18-19-38-37-16-9-10-17-39(37)46(40(38)23-34)41-24-32(47-6)20-21-43-41/h9-11,14-26H,7-8,12-13H2,1-6H3. The number of rotatable bonds is 10. The fraction of sp³-hybridized carbons (Fsp3) is 0.238. The summed E-state index contributed by atoms with van der Waals surface area (Å²) in [5, 5.41) is 7.15. The van der Waals surface area contributed by atoms with E-state index in [-0.39, 0.29) is 0 Å². The molecule has 0 aliphatic heterocycles. The predicted molar refractivity (Wildman–Crippen MR) is 196 cm³/mol. The lowest BCUT2D eigenvalue weighted by atomic mass is 9.83. The number of aromatic nitrogens is 4. The molecule has 7 rings (SSSR count). The smallest absolute Gasteiger partial charge is 0.141 e. The second kappa shape index (κ2) is 13.0. The van der Waals surface area contributed by atoms with Crippen LogP contribution in [0, 0.1) is 20.8 Å². The fourth-order valence-corrected chi connectivity index (χ4v) is 7.09. The molecule has 4 aromatic carbocycles. The monoisotopic (exact) mass is 634 g/mol. The van der Waals surface area contributed by atoms with E-state index in [4.69, 9.17) is 19.6 Å². The van der Waals surface area contributed by atoms with Crippen LogP contribution in [0.4, 0.5) is 0 Å². The highest BCUT2D eigenvalue weighted by Crippen LogP contribution is 2.38. The van der Waals surface area contributed by atoms with E-state index in [1.54, 1.807) is 13.3 Å². The van der Waals surface area contributed by atoms with E-state index in [9.17, 15) is 0 Å². The van der Waals surface area contributed by atoms with E-state index in [1.165, 1.54) is 38.9 Å². The van der Waals surface area contributed by atoms with Gasteiger partial charge in [-0.1, -0.05) is 51.0 Å². The molecule has 0 aliphatic rings. The molecule has 0 spiro atoms. The van der Waals surface area contributed by atoms with Gasteiger partial charge in [0.1, 0.15) is 23.1 Å². The van der Waals surface area contributed by atoms with Gasteiger partial charge in [-0.2, -0.15) is 5.10 Å². The molecule has 0 N–H and O–H groups in total. The van der Waals surface area contributed by atoms with Gasteiger partial charge in [0, 0.05) is 46.9 Å². The van der Waals surface area contributed by atoms with Crippen molar-refractivity contribution in [1.29, 1.82) is 0 Å². The van der Waals surface area contributed by atoms with Crippen molar-refractivity contribution in [2.75, 3.05) is 7.11 Å². The van der Waals surface area contributed by atoms with Crippen LogP contribution in [0.5, 0.6) is 17.2 Å². The topological polar surface area (TPSA) is 54.1 Å². The lowest BCUT2D eigenvalue weighted by molar-refractivity contribution is 0.414. The molecule has 0 unspecified atom stereocenters. The highest BCUT2D eigenvalue weighted by atomic mass is 16.5. The lowest BCUT2D eigenvalue weighted by Crippen LogP contribution is -2.05. The van der Waals surface area contributed by atoms with Crippen LogP contribution in [0.3, 0.4) is 0 Å². The van der Waals surface area contributed by atoms with Crippen LogP contribution in [0.2, 0.25) is 0 Å². The van der Waals surface area contributed by atoms with Crippen LogP contribution in [-0.2, 0) is 12.8 Å². The van der Waals surface area contributed by atoms with Crippen molar-refractivity contribution in [3.8, 4) is 39.9 Å². The molecule has 0 saturated carbocycles. The summed E-state index contributed by atoms with van der Waals surface area (Å²) in [6.07, 6.45) is 10.3. The molecule has 242 valence electrons. The molecular weight excluding hydrogens is 592 g/mol. The minimum absolute atomic E-state index is 0.742. The molecule has 6 nitrogen and oxygen atoms in total. The van der Waals surface area contributed by atoms with Gasteiger partial charge in [0.2, 0.25) is 0 Å². The van der Waals surface area contributed by atoms with Gasteiger partial charge >= 0.3 is 0 Å². The first kappa shape index (κ1) is 31.3. The summed E-state index contributed by atoms with van der Waals surface area (Å²) in [4.78, 5) is 4.69. The van der Waals surface area contributed by atoms with E-state index in [0.717, 1.165) is 76.2 Å². The summed E-state index contributed by atoms with van der Waals surface area (Å²) in [5.74, 6) is 3.03. The summed E-state index contributed by atoms with van der Waals surface area (Å²) < 4.78 is 16.2. The summed E-state index contributed by atoms with van der Waals surface area (Å²) >= 11 is 0. The molecule has 6 heteroatoms. The summed E-state index contributed by atoms with van der Waals surface area (Å²) in [7, 11) is 1.67. The molecule has 0 saturated heterocycles. The number of pyridine rings is 1. The molecule has 3 heterocycles. The minimum atomic E-state index is 0.742. The van der Waals surface area contributed by atoms with Gasteiger partial charge in [0.25, 0.3) is 0 Å². The largest absolute Gasteiger partial charge is 0.497 e. The van der Waals surface area contributed by atoms with E-state index < -0.39 is 0 Å². The Morgan fingerprint density at radius 2 is 1.42 bits per heavy atom.